The molecule has 0 saturated heterocycles. The van der Waals surface area contributed by atoms with Gasteiger partial charge in [0.05, 0.1) is 17.4 Å². The van der Waals surface area contributed by atoms with Crippen molar-refractivity contribution in [3.8, 4) is 0 Å². The number of hydrogen-bond acceptors (Lipinski definition) is 4. The Morgan fingerprint density at radius 1 is 1.52 bits per heavy atom. The molecule has 3 rings (SSSR count). The van der Waals surface area contributed by atoms with Gasteiger partial charge < -0.3 is 14.8 Å². The molecule has 1 aliphatic rings. The van der Waals surface area contributed by atoms with Gasteiger partial charge in [0.1, 0.15) is 5.82 Å². The average molecular weight is 326 g/mol. The summed E-state index contributed by atoms with van der Waals surface area (Å²) < 4.78 is 2.82. The monoisotopic (exact) mass is 325 g/mol. The SMILES string of the molecule is CN(Cc1ccc(Cl)s1)C(=O)NCc1nnc2n1CCC2. The van der Waals surface area contributed by atoms with Crippen molar-refractivity contribution in [1.29, 1.82) is 0 Å². The van der Waals surface area contributed by atoms with Gasteiger partial charge in [0.2, 0.25) is 0 Å². The predicted molar refractivity (Wildman–Crippen MR) is 81.4 cm³/mol. The molecule has 0 bridgehead atoms. The minimum atomic E-state index is -0.130. The summed E-state index contributed by atoms with van der Waals surface area (Å²) in [7, 11) is 1.76. The maximum absolute atomic E-state index is 12.1. The lowest BCUT2D eigenvalue weighted by Gasteiger charge is -2.17. The van der Waals surface area contributed by atoms with Gasteiger partial charge in [-0.15, -0.1) is 21.5 Å². The molecule has 8 heteroatoms. The van der Waals surface area contributed by atoms with E-state index in [-0.39, 0.29) is 6.03 Å². The molecule has 21 heavy (non-hydrogen) atoms. The lowest BCUT2D eigenvalue weighted by molar-refractivity contribution is 0.206. The maximum atomic E-state index is 12.1. The van der Waals surface area contributed by atoms with Gasteiger partial charge in [0.15, 0.2) is 5.82 Å². The largest absolute Gasteiger partial charge is 0.331 e. The van der Waals surface area contributed by atoms with Gasteiger partial charge in [-0.05, 0) is 18.6 Å². The van der Waals surface area contributed by atoms with Crippen molar-refractivity contribution in [3.05, 3.63) is 33.0 Å². The van der Waals surface area contributed by atoms with Gasteiger partial charge in [0.25, 0.3) is 0 Å². The third kappa shape index (κ3) is 3.19. The van der Waals surface area contributed by atoms with E-state index in [0.717, 1.165) is 40.2 Å². The van der Waals surface area contributed by atoms with E-state index in [0.29, 0.717) is 13.1 Å². The summed E-state index contributed by atoms with van der Waals surface area (Å²) in [5.41, 5.74) is 0. The molecular weight excluding hydrogens is 310 g/mol. The van der Waals surface area contributed by atoms with E-state index in [1.807, 2.05) is 12.1 Å². The van der Waals surface area contributed by atoms with E-state index in [2.05, 4.69) is 20.1 Å². The van der Waals surface area contributed by atoms with Gasteiger partial charge in [-0.1, -0.05) is 11.6 Å². The lowest BCUT2D eigenvalue weighted by Crippen LogP contribution is -2.36. The molecule has 0 spiro atoms. The molecular formula is C13H16ClN5OS. The summed E-state index contributed by atoms with van der Waals surface area (Å²) in [5, 5.41) is 11.1. The van der Waals surface area contributed by atoms with E-state index in [4.69, 9.17) is 11.6 Å². The average Bonchev–Trinajstić information content (AvgIpc) is 3.13. The van der Waals surface area contributed by atoms with Crippen LogP contribution < -0.4 is 5.32 Å². The van der Waals surface area contributed by atoms with Crippen molar-refractivity contribution in [1.82, 2.24) is 25.0 Å². The molecule has 0 unspecified atom stereocenters. The number of hydrogen-bond donors (Lipinski definition) is 1. The summed E-state index contributed by atoms with van der Waals surface area (Å²) in [5.74, 6) is 1.84. The maximum Gasteiger partial charge on any atom is 0.317 e. The second-order valence-electron chi connectivity index (χ2n) is 5.01. The third-order valence-corrected chi connectivity index (χ3v) is 4.67. The Kier molecular flexibility index (Phi) is 4.12. The number of thiophene rings is 1. The molecule has 2 amide bonds. The van der Waals surface area contributed by atoms with Gasteiger partial charge >= 0.3 is 6.03 Å². The van der Waals surface area contributed by atoms with E-state index in [9.17, 15) is 4.79 Å². The molecule has 6 nitrogen and oxygen atoms in total. The Labute approximate surface area is 131 Å². The van der Waals surface area contributed by atoms with E-state index in [1.54, 1.807) is 11.9 Å². The zero-order valence-electron chi connectivity index (χ0n) is 11.7. The summed E-state index contributed by atoms with van der Waals surface area (Å²) in [6.07, 6.45) is 2.07. The second-order valence-corrected chi connectivity index (χ2v) is 6.81. The zero-order valence-corrected chi connectivity index (χ0v) is 13.2. The Morgan fingerprint density at radius 3 is 3.14 bits per heavy atom. The number of rotatable bonds is 4. The number of aromatic nitrogens is 3. The first-order chi connectivity index (χ1) is 10.1. The molecule has 1 N–H and O–H groups in total. The first kappa shape index (κ1) is 14.3. The van der Waals surface area contributed by atoms with Crippen molar-refractivity contribution >= 4 is 29.0 Å². The number of nitrogens with zero attached hydrogens (tertiary/aromatic N) is 4. The molecule has 0 aliphatic carbocycles. The first-order valence-corrected chi connectivity index (χ1v) is 7.97. The fourth-order valence-electron chi connectivity index (χ4n) is 2.37. The van der Waals surface area contributed by atoms with Crippen molar-refractivity contribution in [2.75, 3.05) is 7.05 Å². The van der Waals surface area contributed by atoms with Crippen LogP contribution >= 0.6 is 22.9 Å². The van der Waals surface area contributed by atoms with E-state index >= 15 is 0 Å². The topological polar surface area (TPSA) is 63.1 Å². The molecule has 3 heterocycles. The number of carbonyl (C=O) groups excluding carboxylic acids is 1. The normalized spacial score (nSPS) is 13.2. The standard InChI is InChI=1S/C13H16ClN5OS/c1-18(8-9-4-5-10(14)21-9)13(20)15-7-12-17-16-11-3-2-6-19(11)12/h4-5H,2-3,6-8H2,1H3,(H,15,20). The van der Waals surface area contributed by atoms with Crippen molar-refractivity contribution in [2.45, 2.75) is 32.5 Å². The lowest BCUT2D eigenvalue weighted by atomic mass is 10.4. The van der Waals surface area contributed by atoms with Gasteiger partial charge in [0, 0.05) is 24.9 Å². The Balaban J connectivity index is 1.53. The Bertz CT molecular complexity index is 653. The fourth-order valence-corrected chi connectivity index (χ4v) is 3.51. The number of aryl methyl sites for hydroxylation is 1. The van der Waals surface area contributed by atoms with Gasteiger partial charge in [-0.25, -0.2) is 4.79 Å². The van der Waals surface area contributed by atoms with Gasteiger partial charge in [-0.3, -0.25) is 0 Å². The Hall–Kier alpha value is -1.60. The molecule has 0 saturated carbocycles. The van der Waals surface area contributed by atoms with Crippen LogP contribution in [0.5, 0.6) is 0 Å². The number of carbonyl (C=O) groups is 1. The smallest absolute Gasteiger partial charge is 0.317 e. The summed E-state index contributed by atoms with van der Waals surface area (Å²) >= 11 is 7.37. The highest BCUT2D eigenvalue weighted by Gasteiger charge is 2.18. The van der Waals surface area contributed by atoms with Crippen molar-refractivity contribution < 1.29 is 4.79 Å². The van der Waals surface area contributed by atoms with E-state index < -0.39 is 0 Å². The van der Waals surface area contributed by atoms with Crippen LogP contribution in [0.1, 0.15) is 22.9 Å². The number of urea groups is 1. The van der Waals surface area contributed by atoms with Crippen LogP contribution in [-0.4, -0.2) is 32.7 Å². The number of amides is 2. The minimum Gasteiger partial charge on any atom is -0.331 e. The van der Waals surface area contributed by atoms with Crippen molar-refractivity contribution in [3.63, 3.8) is 0 Å². The fraction of sp³-hybridized carbons (Fsp3) is 0.462. The molecule has 2 aromatic heterocycles. The molecule has 0 fully saturated rings. The second kappa shape index (κ2) is 6.03. The van der Waals surface area contributed by atoms with Crippen LogP contribution in [-0.2, 0) is 26.1 Å². The van der Waals surface area contributed by atoms with Crippen LogP contribution in [0.15, 0.2) is 12.1 Å². The molecule has 112 valence electrons. The minimum absolute atomic E-state index is 0.130. The highest BCUT2D eigenvalue weighted by atomic mass is 35.5. The number of fused-ring (bicyclic) bond motifs is 1. The number of halogens is 1. The highest BCUT2D eigenvalue weighted by Crippen LogP contribution is 2.22. The summed E-state index contributed by atoms with van der Waals surface area (Å²) in [6, 6.07) is 3.64. The molecule has 1 aliphatic heterocycles. The van der Waals surface area contributed by atoms with Gasteiger partial charge in [-0.2, -0.15) is 0 Å². The molecule has 0 aromatic carbocycles. The Morgan fingerprint density at radius 2 is 2.38 bits per heavy atom. The van der Waals surface area contributed by atoms with Crippen LogP contribution in [0, 0.1) is 0 Å². The summed E-state index contributed by atoms with van der Waals surface area (Å²) in [4.78, 5) is 14.8. The van der Waals surface area contributed by atoms with Crippen LogP contribution in [0.3, 0.4) is 0 Å². The summed E-state index contributed by atoms with van der Waals surface area (Å²) in [6.45, 7) is 1.89. The third-order valence-electron chi connectivity index (χ3n) is 3.45. The van der Waals surface area contributed by atoms with Crippen molar-refractivity contribution in [2.24, 2.45) is 0 Å². The quantitative estimate of drug-likeness (QED) is 0.938. The number of nitrogens with one attached hydrogen (secondary N) is 1. The van der Waals surface area contributed by atoms with Crippen LogP contribution in [0.4, 0.5) is 4.79 Å². The molecule has 0 atom stereocenters. The zero-order chi connectivity index (χ0) is 14.8. The predicted octanol–water partition coefficient (Wildman–Crippen LogP) is 2.28. The molecule has 2 aromatic rings. The first-order valence-electron chi connectivity index (χ1n) is 6.77. The van der Waals surface area contributed by atoms with E-state index in [1.165, 1.54) is 11.3 Å². The van der Waals surface area contributed by atoms with Crippen LogP contribution in [0.25, 0.3) is 0 Å². The van der Waals surface area contributed by atoms with Crippen LogP contribution in [0.2, 0.25) is 4.34 Å². The molecule has 0 radical (unpaired) electrons. The highest BCUT2D eigenvalue weighted by molar-refractivity contribution is 7.16.